The molecule has 7 heteroatoms. The summed E-state index contributed by atoms with van der Waals surface area (Å²) in [6.45, 7) is 16.1. The monoisotopic (exact) mass is 546 g/mol. The lowest BCUT2D eigenvalue weighted by Gasteiger charge is -2.46. The molecule has 3 aliphatic heterocycles. The molecule has 2 aromatic rings. The van der Waals surface area contributed by atoms with Gasteiger partial charge < -0.3 is 15.0 Å². The van der Waals surface area contributed by atoms with Crippen molar-refractivity contribution in [1.82, 2.24) is 15.1 Å². The molecule has 214 valence electrons. The number of hydrogen-bond donors (Lipinski definition) is 1. The van der Waals surface area contributed by atoms with Crippen LogP contribution in [-0.4, -0.2) is 85.8 Å². The molecule has 2 fully saturated rings. The molecule has 0 radical (unpaired) electrons. The standard InChI is InChI=1S/C33H43FN4O2/c1-7-26-13-30-31(14-27(26)12-25-8-10-28(34)11-9-25)38(21-33(30,5)6)32(39)18-36-16-22(2)35-15-29(36)17-37-23(3)19-40-20-24(37)4/h1,8-11,13-14,22-24,29,35H,12,15-21H2,2-6H3/t22-,23-,24-,29-/m1/s1. The summed E-state index contributed by atoms with van der Waals surface area (Å²) in [5.74, 6) is 2.72. The van der Waals surface area contributed by atoms with Crippen molar-refractivity contribution in [2.45, 2.75) is 70.6 Å². The molecule has 40 heavy (non-hydrogen) atoms. The van der Waals surface area contributed by atoms with Gasteiger partial charge in [0.2, 0.25) is 5.91 Å². The van der Waals surface area contributed by atoms with E-state index in [1.165, 1.54) is 12.1 Å². The first-order valence-corrected chi connectivity index (χ1v) is 14.6. The van der Waals surface area contributed by atoms with Gasteiger partial charge in [0.1, 0.15) is 5.82 Å². The zero-order valence-corrected chi connectivity index (χ0v) is 24.5. The van der Waals surface area contributed by atoms with Gasteiger partial charge in [-0.15, -0.1) is 6.42 Å². The minimum absolute atomic E-state index is 0.121. The number of fused-ring (bicyclic) bond motifs is 1. The van der Waals surface area contributed by atoms with Gasteiger partial charge in [0, 0.05) is 67.0 Å². The smallest absolute Gasteiger partial charge is 0.241 e. The first kappa shape index (κ1) is 28.8. The molecular weight excluding hydrogens is 503 g/mol. The highest BCUT2D eigenvalue weighted by atomic mass is 19.1. The highest BCUT2D eigenvalue weighted by molar-refractivity contribution is 5.98. The van der Waals surface area contributed by atoms with Gasteiger partial charge in [0.15, 0.2) is 0 Å². The second kappa shape index (κ2) is 11.6. The molecule has 0 unspecified atom stereocenters. The van der Waals surface area contributed by atoms with Crippen LogP contribution in [0, 0.1) is 18.2 Å². The van der Waals surface area contributed by atoms with Crippen LogP contribution in [-0.2, 0) is 21.4 Å². The maximum atomic E-state index is 14.0. The first-order chi connectivity index (χ1) is 19.1. The van der Waals surface area contributed by atoms with Gasteiger partial charge in [-0.3, -0.25) is 14.6 Å². The summed E-state index contributed by atoms with van der Waals surface area (Å²) in [6, 6.07) is 12.0. The number of hydrogen-bond acceptors (Lipinski definition) is 5. The molecule has 0 spiro atoms. The van der Waals surface area contributed by atoms with Crippen LogP contribution in [0.1, 0.15) is 56.9 Å². The largest absolute Gasteiger partial charge is 0.378 e. The fraction of sp³-hybridized carbons (Fsp3) is 0.545. The minimum Gasteiger partial charge on any atom is -0.378 e. The summed E-state index contributed by atoms with van der Waals surface area (Å²) in [5, 5.41) is 3.63. The second-order valence-corrected chi connectivity index (χ2v) is 12.7. The zero-order valence-electron chi connectivity index (χ0n) is 24.5. The van der Waals surface area contributed by atoms with Crippen LogP contribution in [0.15, 0.2) is 36.4 Å². The van der Waals surface area contributed by atoms with Gasteiger partial charge in [-0.2, -0.15) is 0 Å². The Bertz CT molecular complexity index is 1260. The Morgan fingerprint density at radius 1 is 1.15 bits per heavy atom. The third-order valence-corrected chi connectivity index (χ3v) is 8.90. The van der Waals surface area contributed by atoms with Gasteiger partial charge in [-0.25, -0.2) is 4.39 Å². The molecule has 6 nitrogen and oxygen atoms in total. The molecule has 0 bridgehead atoms. The fourth-order valence-electron chi connectivity index (χ4n) is 6.59. The number of carbonyl (C=O) groups is 1. The number of carbonyl (C=O) groups excluding carboxylic acids is 1. The molecule has 1 N–H and O–H groups in total. The van der Waals surface area contributed by atoms with Crippen molar-refractivity contribution in [3.63, 3.8) is 0 Å². The number of rotatable bonds is 6. The van der Waals surface area contributed by atoms with E-state index in [1.807, 2.05) is 4.90 Å². The Morgan fingerprint density at radius 3 is 2.52 bits per heavy atom. The molecule has 0 aromatic heterocycles. The maximum Gasteiger partial charge on any atom is 0.241 e. The summed E-state index contributed by atoms with van der Waals surface area (Å²) in [4.78, 5) is 20.9. The topological polar surface area (TPSA) is 48.1 Å². The number of nitrogens with one attached hydrogen (secondary N) is 1. The van der Waals surface area contributed by atoms with Crippen LogP contribution in [0.5, 0.6) is 0 Å². The van der Waals surface area contributed by atoms with Crippen molar-refractivity contribution < 1.29 is 13.9 Å². The first-order valence-electron chi connectivity index (χ1n) is 14.6. The average Bonchev–Trinajstić information content (AvgIpc) is 3.18. The molecule has 2 saturated heterocycles. The number of benzene rings is 2. The lowest BCUT2D eigenvalue weighted by atomic mass is 9.84. The molecular formula is C33H43FN4O2. The number of nitrogens with zero attached hydrogens (tertiary/aromatic N) is 3. The zero-order chi connectivity index (χ0) is 28.6. The fourth-order valence-corrected chi connectivity index (χ4v) is 6.59. The van der Waals surface area contributed by atoms with Gasteiger partial charge in [-0.1, -0.05) is 31.9 Å². The predicted octanol–water partition coefficient (Wildman–Crippen LogP) is 3.79. The number of ether oxygens (including phenoxy) is 1. The number of morpholine rings is 1. The lowest BCUT2D eigenvalue weighted by Crippen LogP contribution is -2.63. The van der Waals surface area contributed by atoms with E-state index >= 15 is 0 Å². The summed E-state index contributed by atoms with van der Waals surface area (Å²) in [7, 11) is 0. The predicted molar refractivity (Wildman–Crippen MR) is 158 cm³/mol. The molecule has 4 atom stereocenters. The van der Waals surface area contributed by atoms with Crippen molar-refractivity contribution in [2.24, 2.45) is 0 Å². The molecule has 5 rings (SSSR count). The molecule has 3 aliphatic rings. The van der Waals surface area contributed by atoms with Crippen molar-refractivity contribution in [3.8, 4) is 12.3 Å². The number of piperazine rings is 1. The number of amides is 1. The Morgan fingerprint density at radius 2 is 1.85 bits per heavy atom. The van der Waals surface area contributed by atoms with Crippen molar-refractivity contribution in [2.75, 3.05) is 50.8 Å². The van der Waals surface area contributed by atoms with E-state index in [0.717, 1.165) is 60.8 Å². The summed E-state index contributed by atoms with van der Waals surface area (Å²) in [5.41, 5.74) is 4.64. The van der Waals surface area contributed by atoms with Crippen LogP contribution in [0.25, 0.3) is 0 Å². The van der Waals surface area contributed by atoms with E-state index in [9.17, 15) is 9.18 Å². The van der Waals surface area contributed by atoms with Crippen LogP contribution in [0.3, 0.4) is 0 Å². The van der Waals surface area contributed by atoms with E-state index in [0.29, 0.717) is 37.6 Å². The Kier molecular flexibility index (Phi) is 8.35. The molecule has 3 heterocycles. The summed E-state index contributed by atoms with van der Waals surface area (Å²) in [6.07, 6.45) is 6.52. The molecule has 0 saturated carbocycles. The number of anilines is 1. The van der Waals surface area contributed by atoms with Gasteiger partial charge in [0.25, 0.3) is 0 Å². The third kappa shape index (κ3) is 5.96. The van der Waals surface area contributed by atoms with Gasteiger partial charge >= 0.3 is 0 Å². The SMILES string of the molecule is C#Cc1cc2c(cc1Cc1ccc(F)cc1)N(C(=O)CN1C[C@@H](C)NC[C@@H]1CN1[C@H](C)COC[C@H]1C)CC2(C)C. The van der Waals surface area contributed by atoms with Crippen molar-refractivity contribution >= 4 is 11.6 Å². The second-order valence-electron chi connectivity index (χ2n) is 12.7. The number of terminal acetylenes is 1. The van der Waals surface area contributed by atoms with E-state index in [2.05, 4.69) is 67.8 Å². The highest BCUT2D eigenvalue weighted by Gasteiger charge is 2.40. The van der Waals surface area contributed by atoms with Crippen LogP contribution < -0.4 is 10.2 Å². The molecule has 1 amide bonds. The van der Waals surface area contributed by atoms with Crippen molar-refractivity contribution in [3.05, 3.63) is 64.5 Å². The number of halogens is 1. The normalized spacial score (nSPS) is 26.9. The Hall–Kier alpha value is -2.76. The minimum atomic E-state index is -0.258. The molecule has 2 aromatic carbocycles. The summed E-state index contributed by atoms with van der Waals surface area (Å²) >= 11 is 0. The average molecular weight is 547 g/mol. The van der Waals surface area contributed by atoms with Gasteiger partial charge in [-0.05, 0) is 68.1 Å². The van der Waals surface area contributed by atoms with E-state index in [1.54, 1.807) is 12.1 Å². The van der Waals surface area contributed by atoms with Crippen LogP contribution >= 0.6 is 0 Å². The molecule has 0 aliphatic carbocycles. The van der Waals surface area contributed by atoms with E-state index < -0.39 is 0 Å². The highest BCUT2D eigenvalue weighted by Crippen LogP contribution is 2.42. The Labute approximate surface area is 238 Å². The van der Waals surface area contributed by atoms with Crippen LogP contribution in [0.4, 0.5) is 10.1 Å². The van der Waals surface area contributed by atoms with E-state index in [-0.39, 0.29) is 23.2 Å². The van der Waals surface area contributed by atoms with Crippen molar-refractivity contribution in [1.29, 1.82) is 0 Å². The lowest BCUT2D eigenvalue weighted by molar-refractivity contribution is -0.121. The maximum absolute atomic E-state index is 14.0. The summed E-state index contributed by atoms with van der Waals surface area (Å²) < 4.78 is 19.2. The van der Waals surface area contributed by atoms with Crippen LogP contribution in [0.2, 0.25) is 0 Å². The van der Waals surface area contributed by atoms with Gasteiger partial charge in [0.05, 0.1) is 19.8 Å². The van der Waals surface area contributed by atoms with E-state index in [4.69, 9.17) is 11.2 Å². The quantitative estimate of drug-likeness (QED) is 0.559. The third-order valence-electron chi connectivity index (χ3n) is 8.90. The Balaban J connectivity index is 1.38.